The first kappa shape index (κ1) is 15.7. The number of thioether (sulfide) groups is 1. The maximum atomic E-state index is 11.7. The van der Waals surface area contributed by atoms with Crippen LogP contribution in [0.1, 0.15) is 32.9 Å². The van der Waals surface area contributed by atoms with E-state index in [0.29, 0.717) is 0 Å². The number of ether oxygens (including phenoxy) is 1. The first-order chi connectivity index (χ1) is 10.3. The van der Waals surface area contributed by atoms with E-state index in [-0.39, 0.29) is 23.5 Å². The van der Waals surface area contributed by atoms with E-state index >= 15 is 0 Å². The van der Waals surface area contributed by atoms with Gasteiger partial charge in [-0.3, -0.25) is 0 Å². The molecule has 0 spiro atoms. The Morgan fingerprint density at radius 3 is 2.86 bits per heavy atom. The zero-order valence-electron chi connectivity index (χ0n) is 12.8. The highest BCUT2D eigenvalue weighted by Crippen LogP contribution is 2.38. The van der Waals surface area contributed by atoms with Crippen molar-refractivity contribution in [3.8, 4) is 0 Å². The number of carbonyl (C=O) groups excluding carboxylic acids is 1. The minimum absolute atomic E-state index is 0.0608. The number of aryl methyl sites for hydroxylation is 1. The Morgan fingerprint density at radius 1 is 1.36 bits per heavy atom. The normalized spacial score (nSPS) is 22.9. The quantitative estimate of drug-likeness (QED) is 0.823. The highest BCUT2D eigenvalue weighted by Gasteiger charge is 2.40. The summed E-state index contributed by atoms with van der Waals surface area (Å²) in [5.74, 6) is 1.78. The molecule has 1 fully saturated rings. The van der Waals surface area contributed by atoms with Crippen molar-refractivity contribution < 1.29 is 9.53 Å². The summed E-state index contributed by atoms with van der Waals surface area (Å²) in [6.07, 6.45) is 1.38. The third-order valence-electron chi connectivity index (χ3n) is 3.31. The molecule has 2 aliphatic rings. The van der Waals surface area contributed by atoms with Crippen LogP contribution >= 0.6 is 23.4 Å². The van der Waals surface area contributed by atoms with E-state index in [1.165, 1.54) is 0 Å². The average Bonchev–Trinajstić information content (AvgIpc) is 2.90. The van der Waals surface area contributed by atoms with Crippen molar-refractivity contribution in [2.24, 2.45) is 0 Å². The van der Waals surface area contributed by atoms with Crippen molar-refractivity contribution in [1.82, 2.24) is 15.3 Å². The number of hydrogen-bond donors (Lipinski definition) is 2. The number of nitrogens with zero attached hydrogens (tertiary/aromatic N) is 2. The zero-order valence-corrected chi connectivity index (χ0v) is 14.3. The molecule has 2 atom stereocenters. The van der Waals surface area contributed by atoms with Crippen molar-refractivity contribution in [2.75, 3.05) is 11.1 Å². The van der Waals surface area contributed by atoms with Gasteiger partial charge in [-0.15, -0.1) is 11.8 Å². The lowest BCUT2D eigenvalue weighted by atomic mass is 10.2. The maximum absolute atomic E-state index is 11.7. The fourth-order valence-electron chi connectivity index (χ4n) is 2.28. The molecule has 1 saturated carbocycles. The predicted molar refractivity (Wildman–Crippen MR) is 86.7 cm³/mol. The fraction of sp³-hybridized carbons (Fsp3) is 0.643. The number of anilines is 1. The molecule has 0 bridgehead atoms. The lowest BCUT2D eigenvalue weighted by Crippen LogP contribution is -2.35. The van der Waals surface area contributed by atoms with Crippen LogP contribution < -0.4 is 10.6 Å². The van der Waals surface area contributed by atoms with Gasteiger partial charge in [-0.05, 0) is 38.8 Å². The molecule has 0 saturated heterocycles. The second kappa shape index (κ2) is 5.77. The molecular weight excluding hydrogens is 324 g/mol. The first-order valence-corrected chi connectivity index (χ1v) is 8.63. The van der Waals surface area contributed by atoms with Gasteiger partial charge in [0.15, 0.2) is 0 Å². The average molecular weight is 343 g/mol. The van der Waals surface area contributed by atoms with Crippen molar-refractivity contribution >= 4 is 35.3 Å². The summed E-state index contributed by atoms with van der Waals surface area (Å²) < 4.78 is 5.25. The van der Waals surface area contributed by atoms with Gasteiger partial charge >= 0.3 is 6.09 Å². The van der Waals surface area contributed by atoms with Crippen LogP contribution in [0.15, 0.2) is 4.90 Å². The van der Waals surface area contributed by atoms with Crippen LogP contribution in [-0.4, -0.2) is 39.5 Å². The van der Waals surface area contributed by atoms with Gasteiger partial charge in [0.25, 0.3) is 0 Å². The number of alkyl carbamates (subject to hydrolysis) is 1. The number of carbonyl (C=O) groups is 1. The summed E-state index contributed by atoms with van der Waals surface area (Å²) in [6, 6.07) is 0.217. The third-order valence-corrected chi connectivity index (χ3v) is 4.60. The Kier molecular flexibility index (Phi) is 4.11. The number of rotatable bonds is 3. The van der Waals surface area contributed by atoms with E-state index in [4.69, 9.17) is 16.3 Å². The molecule has 3 rings (SSSR count). The molecule has 0 unspecified atom stereocenters. The minimum atomic E-state index is -0.487. The second-order valence-corrected chi connectivity index (χ2v) is 7.90. The summed E-state index contributed by atoms with van der Waals surface area (Å²) in [4.78, 5) is 21.3. The van der Waals surface area contributed by atoms with Gasteiger partial charge in [-0.2, -0.15) is 4.98 Å². The molecule has 2 N–H and O–H groups in total. The Hall–Kier alpha value is -1.21. The fourth-order valence-corrected chi connectivity index (χ4v) is 3.53. The molecule has 6 nitrogen and oxygen atoms in total. The van der Waals surface area contributed by atoms with Gasteiger partial charge in [0.05, 0.1) is 22.7 Å². The molecule has 2 heterocycles. The number of halogens is 1. The molecule has 0 radical (unpaired) electrons. The zero-order chi connectivity index (χ0) is 15.9. The summed E-state index contributed by atoms with van der Waals surface area (Å²) in [6.45, 7) is 5.54. The monoisotopic (exact) mass is 342 g/mol. The predicted octanol–water partition coefficient (Wildman–Crippen LogP) is 2.86. The number of fused-ring (bicyclic) bond motifs is 1. The Labute approximate surface area is 138 Å². The number of nitrogens with one attached hydrogen (secondary N) is 2. The minimum Gasteiger partial charge on any atom is -0.444 e. The van der Waals surface area contributed by atoms with Crippen molar-refractivity contribution in [2.45, 2.75) is 56.2 Å². The summed E-state index contributed by atoms with van der Waals surface area (Å²) in [5, 5.41) is 6.47. The topological polar surface area (TPSA) is 76.1 Å². The van der Waals surface area contributed by atoms with Crippen molar-refractivity contribution in [3.05, 3.63) is 11.0 Å². The van der Waals surface area contributed by atoms with Crippen LogP contribution in [0.3, 0.4) is 0 Å². The van der Waals surface area contributed by atoms with Crippen molar-refractivity contribution in [3.63, 3.8) is 0 Å². The van der Waals surface area contributed by atoms with Crippen LogP contribution in [0.5, 0.6) is 0 Å². The molecular formula is C14H19ClN4O2S. The molecule has 1 aromatic heterocycles. The molecule has 120 valence electrons. The molecule has 1 amide bonds. The van der Waals surface area contributed by atoms with Crippen molar-refractivity contribution in [1.29, 1.82) is 0 Å². The van der Waals surface area contributed by atoms with Gasteiger partial charge in [-0.25, -0.2) is 9.78 Å². The van der Waals surface area contributed by atoms with Gasteiger partial charge in [0.1, 0.15) is 11.4 Å². The van der Waals surface area contributed by atoms with E-state index in [0.717, 1.165) is 35.0 Å². The summed E-state index contributed by atoms with van der Waals surface area (Å²) in [5.41, 5.74) is 0.518. The molecule has 8 heteroatoms. The van der Waals surface area contributed by atoms with Gasteiger partial charge < -0.3 is 15.4 Å². The Bertz CT molecular complexity index is 605. The van der Waals surface area contributed by atoms with Crippen LogP contribution in [0.2, 0.25) is 5.28 Å². The lowest BCUT2D eigenvalue weighted by molar-refractivity contribution is 0.0523. The first-order valence-electron chi connectivity index (χ1n) is 7.27. The van der Waals surface area contributed by atoms with Crippen LogP contribution in [0.25, 0.3) is 0 Å². The van der Waals surface area contributed by atoms with E-state index in [9.17, 15) is 4.79 Å². The molecule has 1 aliphatic carbocycles. The number of amides is 1. The smallest absolute Gasteiger partial charge is 0.407 e. The second-order valence-electron chi connectivity index (χ2n) is 6.45. The van der Waals surface area contributed by atoms with Gasteiger partial charge in [-0.1, -0.05) is 0 Å². The van der Waals surface area contributed by atoms with E-state index < -0.39 is 5.60 Å². The van der Waals surface area contributed by atoms with Crippen LogP contribution in [0.4, 0.5) is 10.6 Å². The maximum Gasteiger partial charge on any atom is 0.407 e. The van der Waals surface area contributed by atoms with Gasteiger partial charge in [0.2, 0.25) is 5.28 Å². The third kappa shape index (κ3) is 3.76. The van der Waals surface area contributed by atoms with E-state index in [2.05, 4.69) is 20.6 Å². The van der Waals surface area contributed by atoms with E-state index in [1.54, 1.807) is 11.8 Å². The number of aromatic nitrogens is 2. The summed E-state index contributed by atoms with van der Waals surface area (Å²) in [7, 11) is 0. The number of hydrogen-bond acceptors (Lipinski definition) is 6. The summed E-state index contributed by atoms with van der Waals surface area (Å²) >= 11 is 7.70. The largest absolute Gasteiger partial charge is 0.444 e. The standard InChI is InChI=1S/C14H19ClN4O2S/c1-14(2,3)21-13(20)18-9-6-8(9)16-11-10-7(4-5-22-10)17-12(15)19-11/h8-9H,4-6H2,1-3H3,(H,18,20)(H,16,17,19)/t8-,9-/m0/s1. The van der Waals surface area contributed by atoms with E-state index in [1.807, 2.05) is 20.8 Å². The van der Waals surface area contributed by atoms with Crippen LogP contribution in [0, 0.1) is 0 Å². The Balaban J connectivity index is 1.57. The Morgan fingerprint density at radius 2 is 2.14 bits per heavy atom. The molecule has 1 aliphatic heterocycles. The molecule has 0 aromatic carbocycles. The highest BCUT2D eigenvalue weighted by atomic mass is 35.5. The molecule has 22 heavy (non-hydrogen) atoms. The van der Waals surface area contributed by atoms with Crippen LogP contribution in [-0.2, 0) is 11.2 Å². The highest BCUT2D eigenvalue weighted by molar-refractivity contribution is 7.99. The van der Waals surface area contributed by atoms with Gasteiger partial charge in [0, 0.05) is 12.2 Å². The SMILES string of the molecule is CC(C)(C)OC(=O)N[C@H]1C[C@@H]1Nc1nc(Cl)nc2c1SCC2. The molecule has 1 aromatic rings. The lowest BCUT2D eigenvalue weighted by Gasteiger charge is -2.19.